The molecule has 0 spiro atoms. The molecule has 0 saturated carbocycles. The lowest BCUT2D eigenvalue weighted by Crippen LogP contribution is -2.29. The second-order valence-corrected chi connectivity index (χ2v) is 9.42. The number of methoxy groups -OCH3 is 1. The number of rotatable bonds is 10. The average Bonchev–Trinajstić information content (AvgIpc) is 3.26. The summed E-state index contributed by atoms with van der Waals surface area (Å²) in [5.74, 6) is 0.0689. The number of ether oxygens (including phenoxy) is 3. The minimum absolute atomic E-state index is 0.00551. The highest BCUT2D eigenvalue weighted by Crippen LogP contribution is 2.60. The lowest BCUT2D eigenvalue weighted by Gasteiger charge is -2.28. The van der Waals surface area contributed by atoms with Crippen molar-refractivity contribution in [2.75, 3.05) is 32.4 Å². The number of benzene rings is 2. The fourth-order valence-electron chi connectivity index (χ4n) is 3.81. The molecular weight excluding hydrogens is 447 g/mol. The topological polar surface area (TPSA) is 97.2 Å². The average molecular weight is 474 g/mol. The molecule has 1 aromatic heterocycles. The van der Waals surface area contributed by atoms with Gasteiger partial charge >= 0.3 is 7.60 Å². The maximum atomic E-state index is 13.9. The smallest absolute Gasteiger partial charge is 0.357 e. The molecular formula is C23H27N2O7P. The van der Waals surface area contributed by atoms with Crippen molar-refractivity contribution in [3.63, 3.8) is 0 Å². The summed E-state index contributed by atoms with van der Waals surface area (Å²) in [6.07, 6.45) is 0. The Hall–Kier alpha value is -2.84. The third kappa shape index (κ3) is 4.63. The predicted octanol–water partition coefficient (Wildman–Crippen LogP) is 4.71. The quantitative estimate of drug-likeness (QED) is 0.422. The van der Waals surface area contributed by atoms with Gasteiger partial charge in [-0.2, -0.15) is 0 Å². The molecule has 9 nitrogen and oxygen atoms in total. The fourth-order valence-corrected chi connectivity index (χ4v) is 5.73. The van der Waals surface area contributed by atoms with E-state index in [2.05, 4.69) is 5.32 Å². The first kappa shape index (κ1) is 23.3. The summed E-state index contributed by atoms with van der Waals surface area (Å²) >= 11 is 0. The number of para-hydroxylation sites is 1. The monoisotopic (exact) mass is 474 g/mol. The van der Waals surface area contributed by atoms with Crippen LogP contribution in [-0.4, -0.2) is 31.7 Å². The lowest BCUT2D eigenvalue weighted by molar-refractivity contribution is 0.131. The summed E-state index contributed by atoms with van der Waals surface area (Å²) in [5.41, 5.74) is 1.13. The van der Waals surface area contributed by atoms with Crippen LogP contribution in [0, 0.1) is 0 Å². The van der Waals surface area contributed by atoms with Gasteiger partial charge in [0.1, 0.15) is 6.73 Å². The van der Waals surface area contributed by atoms with Gasteiger partial charge in [-0.25, -0.2) is 0 Å². The molecule has 0 fully saturated rings. The molecule has 0 bridgehead atoms. The van der Waals surface area contributed by atoms with Crippen molar-refractivity contribution in [1.82, 2.24) is 4.57 Å². The van der Waals surface area contributed by atoms with Crippen LogP contribution in [-0.2, 0) is 25.1 Å². The molecule has 33 heavy (non-hydrogen) atoms. The predicted molar refractivity (Wildman–Crippen MR) is 125 cm³/mol. The number of hydrogen-bond donors (Lipinski definition) is 1. The van der Waals surface area contributed by atoms with Gasteiger partial charge in [0.05, 0.1) is 24.3 Å². The van der Waals surface area contributed by atoms with Crippen LogP contribution in [0.4, 0.5) is 5.69 Å². The molecule has 176 valence electrons. The molecule has 3 aromatic rings. The van der Waals surface area contributed by atoms with Gasteiger partial charge < -0.3 is 28.6 Å². The maximum absolute atomic E-state index is 13.9. The summed E-state index contributed by atoms with van der Waals surface area (Å²) in [4.78, 5) is 13.7. The van der Waals surface area contributed by atoms with Crippen molar-refractivity contribution >= 4 is 24.2 Å². The van der Waals surface area contributed by atoms with Crippen molar-refractivity contribution in [2.45, 2.75) is 26.4 Å². The van der Waals surface area contributed by atoms with Crippen LogP contribution in [0.15, 0.2) is 53.3 Å². The van der Waals surface area contributed by atoms with Crippen LogP contribution in [0.1, 0.15) is 25.2 Å². The second-order valence-electron chi connectivity index (χ2n) is 7.30. The summed E-state index contributed by atoms with van der Waals surface area (Å²) in [6.45, 7) is 3.88. The van der Waals surface area contributed by atoms with E-state index in [1.165, 1.54) is 11.7 Å². The highest BCUT2D eigenvalue weighted by Gasteiger charge is 2.39. The summed E-state index contributed by atoms with van der Waals surface area (Å²) in [5, 5.41) is 3.91. The van der Waals surface area contributed by atoms with Crippen molar-refractivity contribution in [1.29, 1.82) is 0 Å². The molecule has 0 aliphatic carbocycles. The van der Waals surface area contributed by atoms with Gasteiger partial charge in [0.2, 0.25) is 6.79 Å². The van der Waals surface area contributed by atoms with E-state index in [0.29, 0.717) is 28.1 Å². The molecule has 1 aliphatic heterocycles. The molecule has 10 heteroatoms. The molecule has 1 unspecified atom stereocenters. The summed E-state index contributed by atoms with van der Waals surface area (Å²) in [7, 11) is -2.29. The van der Waals surface area contributed by atoms with Crippen LogP contribution in [0.5, 0.6) is 11.5 Å². The van der Waals surface area contributed by atoms with E-state index in [9.17, 15) is 9.36 Å². The summed E-state index contributed by atoms with van der Waals surface area (Å²) in [6, 6.07) is 14.4. The number of anilines is 1. The second kappa shape index (κ2) is 9.97. The molecule has 0 radical (unpaired) electrons. The van der Waals surface area contributed by atoms with Gasteiger partial charge in [0.25, 0.3) is 5.56 Å². The summed E-state index contributed by atoms with van der Waals surface area (Å²) < 4.78 is 43.0. The zero-order chi connectivity index (χ0) is 23.4. The Balaban J connectivity index is 1.95. The van der Waals surface area contributed by atoms with Gasteiger partial charge in [-0.15, -0.1) is 0 Å². The number of hydrogen-bond acceptors (Lipinski definition) is 8. The van der Waals surface area contributed by atoms with Gasteiger partial charge in [-0.1, -0.05) is 18.2 Å². The molecule has 2 aromatic carbocycles. The Bertz CT molecular complexity index is 1220. The van der Waals surface area contributed by atoms with Gasteiger partial charge in [0.15, 0.2) is 17.3 Å². The third-order valence-electron chi connectivity index (χ3n) is 5.18. The Morgan fingerprint density at radius 2 is 1.73 bits per heavy atom. The number of nitrogens with zero attached hydrogens (tertiary/aromatic N) is 1. The minimum Gasteiger partial charge on any atom is -0.454 e. The molecule has 1 aliphatic rings. The van der Waals surface area contributed by atoms with Crippen LogP contribution in [0.2, 0.25) is 0 Å². The molecule has 2 heterocycles. The highest BCUT2D eigenvalue weighted by atomic mass is 31.2. The van der Waals surface area contributed by atoms with E-state index >= 15 is 0 Å². The highest BCUT2D eigenvalue weighted by molar-refractivity contribution is 7.54. The van der Waals surface area contributed by atoms with Gasteiger partial charge in [-0.3, -0.25) is 13.9 Å². The van der Waals surface area contributed by atoms with E-state index < -0.39 is 13.4 Å². The van der Waals surface area contributed by atoms with E-state index in [1.54, 1.807) is 32.0 Å². The zero-order valence-electron chi connectivity index (χ0n) is 18.8. The number of pyridine rings is 1. The van der Waals surface area contributed by atoms with E-state index in [1.807, 2.05) is 30.3 Å². The van der Waals surface area contributed by atoms with Gasteiger partial charge in [-0.05, 0) is 38.1 Å². The fraction of sp³-hybridized carbons (Fsp3) is 0.348. The Kier molecular flexibility index (Phi) is 7.05. The van der Waals surface area contributed by atoms with Crippen LogP contribution >= 0.6 is 7.60 Å². The Morgan fingerprint density at radius 1 is 1.06 bits per heavy atom. The lowest BCUT2D eigenvalue weighted by atomic mass is 10.1. The third-order valence-corrected chi connectivity index (χ3v) is 7.46. The number of nitrogens with one attached hydrogen (secondary N) is 1. The Labute approximate surface area is 191 Å². The SMILES string of the molecule is CCOP(=O)(OCC)C(Nc1ccccc1)c1cc2cc3c(cc2n(COC)c1=O)OCO3. The van der Waals surface area contributed by atoms with Crippen LogP contribution < -0.4 is 20.3 Å². The minimum atomic E-state index is -3.80. The first-order chi connectivity index (χ1) is 16.0. The van der Waals surface area contributed by atoms with Crippen molar-refractivity contribution < 1.29 is 27.8 Å². The van der Waals surface area contributed by atoms with Crippen molar-refractivity contribution in [2.24, 2.45) is 0 Å². The maximum Gasteiger partial charge on any atom is 0.357 e. The van der Waals surface area contributed by atoms with E-state index in [0.717, 1.165) is 0 Å². The molecule has 1 N–H and O–H groups in total. The largest absolute Gasteiger partial charge is 0.454 e. The van der Waals surface area contributed by atoms with Gasteiger partial charge in [0, 0.05) is 24.2 Å². The first-order valence-corrected chi connectivity index (χ1v) is 12.3. The molecule has 1 atom stereocenters. The normalized spacial score (nSPS) is 13.9. The van der Waals surface area contributed by atoms with Crippen LogP contribution in [0.25, 0.3) is 10.9 Å². The molecule has 0 saturated heterocycles. The van der Waals surface area contributed by atoms with E-state index in [-0.39, 0.29) is 37.9 Å². The first-order valence-electron chi connectivity index (χ1n) is 10.7. The van der Waals surface area contributed by atoms with Crippen molar-refractivity contribution in [3.05, 3.63) is 64.4 Å². The number of fused-ring (bicyclic) bond motifs is 2. The standard InChI is InChI=1S/C23H27N2O7P/c1-4-31-33(27,32-5-2)22(24-17-9-7-6-8-10-17)18-11-16-12-20-21(30-15-29-20)13-19(16)25(14-28-3)23(18)26/h6-13,22,24H,4-5,14-15H2,1-3H3. The molecule has 4 rings (SSSR count). The van der Waals surface area contributed by atoms with E-state index in [4.69, 9.17) is 23.3 Å². The number of aromatic nitrogens is 1. The molecule has 0 amide bonds. The van der Waals surface area contributed by atoms with Crippen molar-refractivity contribution in [3.8, 4) is 11.5 Å². The zero-order valence-corrected chi connectivity index (χ0v) is 19.7. The van der Waals surface area contributed by atoms with Crippen LogP contribution in [0.3, 0.4) is 0 Å². The Morgan fingerprint density at radius 3 is 2.36 bits per heavy atom.